The highest BCUT2D eigenvalue weighted by molar-refractivity contribution is 6.33. The number of benzene rings is 1. The summed E-state index contributed by atoms with van der Waals surface area (Å²) in [5.41, 5.74) is 7.37. The average molecular weight is 228 g/mol. The van der Waals surface area contributed by atoms with E-state index in [2.05, 4.69) is 17.1 Å². The summed E-state index contributed by atoms with van der Waals surface area (Å²) >= 11 is 5.93. The van der Waals surface area contributed by atoms with Gasteiger partial charge in [-0.2, -0.15) is 0 Å². The molecular formula is C11H18ClN3. The van der Waals surface area contributed by atoms with Crippen molar-refractivity contribution in [2.75, 3.05) is 31.7 Å². The zero-order chi connectivity index (χ0) is 11.4. The molecule has 3 N–H and O–H groups in total. The number of nitrogens with two attached hydrogens (primary N) is 1. The quantitative estimate of drug-likeness (QED) is 0.776. The van der Waals surface area contributed by atoms with Crippen LogP contribution >= 0.6 is 11.6 Å². The van der Waals surface area contributed by atoms with Gasteiger partial charge in [0.05, 0.1) is 16.4 Å². The van der Waals surface area contributed by atoms with Crippen molar-refractivity contribution in [2.45, 2.75) is 13.0 Å². The minimum Gasteiger partial charge on any atom is -0.396 e. The van der Waals surface area contributed by atoms with Crippen LogP contribution in [-0.4, -0.2) is 31.6 Å². The number of nitrogen functional groups attached to an aromatic ring is 1. The molecule has 0 bridgehead atoms. The Bertz CT molecular complexity index is 326. The Morgan fingerprint density at radius 2 is 2.13 bits per heavy atom. The first-order valence-electron chi connectivity index (χ1n) is 4.96. The molecule has 0 aliphatic rings. The second kappa shape index (κ2) is 5.24. The van der Waals surface area contributed by atoms with Crippen LogP contribution in [0.5, 0.6) is 0 Å². The summed E-state index contributed by atoms with van der Waals surface area (Å²) in [5.74, 6) is 0. The zero-order valence-corrected chi connectivity index (χ0v) is 10.2. The Morgan fingerprint density at radius 3 is 2.73 bits per heavy atom. The number of nitrogens with one attached hydrogen (secondary N) is 1. The lowest BCUT2D eigenvalue weighted by molar-refractivity contribution is 0.392. The predicted molar refractivity (Wildman–Crippen MR) is 67.5 cm³/mol. The van der Waals surface area contributed by atoms with Crippen molar-refractivity contribution in [3.8, 4) is 0 Å². The predicted octanol–water partition coefficient (Wildman–Crippen LogP) is 2.28. The average Bonchev–Trinajstić information content (AvgIpc) is 2.11. The Hall–Kier alpha value is -0.930. The fourth-order valence-corrected chi connectivity index (χ4v) is 1.70. The lowest BCUT2D eigenvalue weighted by Crippen LogP contribution is -2.29. The number of rotatable bonds is 4. The molecule has 0 amide bonds. The molecule has 0 heterocycles. The molecule has 0 aromatic heterocycles. The van der Waals surface area contributed by atoms with Gasteiger partial charge in [-0.15, -0.1) is 0 Å². The monoisotopic (exact) mass is 227 g/mol. The van der Waals surface area contributed by atoms with Gasteiger partial charge in [0.25, 0.3) is 0 Å². The maximum Gasteiger partial charge on any atom is 0.0739 e. The molecule has 15 heavy (non-hydrogen) atoms. The fourth-order valence-electron chi connectivity index (χ4n) is 1.52. The van der Waals surface area contributed by atoms with Gasteiger partial charge in [0, 0.05) is 12.6 Å². The summed E-state index contributed by atoms with van der Waals surface area (Å²) < 4.78 is 0. The zero-order valence-electron chi connectivity index (χ0n) is 9.42. The smallest absolute Gasteiger partial charge is 0.0739 e. The van der Waals surface area contributed by atoms with Gasteiger partial charge in [-0.1, -0.05) is 17.7 Å². The van der Waals surface area contributed by atoms with E-state index in [9.17, 15) is 0 Å². The molecule has 1 rings (SSSR count). The number of hydrogen-bond acceptors (Lipinski definition) is 3. The number of anilines is 2. The molecule has 0 aliphatic carbocycles. The van der Waals surface area contributed by atoms with Crippen LogP contribution in [0, 0.1) is 0 Å². The number of para-hydroxylation sites is 1. The van der Waals surface area contributed by atoms with E-state index >= 15 is 0 Å². The molecule has 0 radical (unpaired) electrons. The van der Waals surface area contributed by atoms with Crippen LogP contribution in [-0.2, 0) is 0 Å². The number of nitrogens with zero attached hydrogens (tertiary/aromatic N) is 1. The number of halogens is 1. The van der Waals surface area contributed by atoms with E-state index < -0.39 is 0 Å². The van der Waals surface area contributed by atoms with Crippen LogP contribution in [0.15, 0.2) is 18.2 Å². The highest BCUT2D eigenvalue weighted by Gasteiger charge is 2.07. The van der Waals surface area contributed by atoms with Gasteiger partial charge in [-0.25, -0.2) is 0 Å². The molecule has 0 aliphatic heterocycles. The van der Waals surface area contributed by atoms with Crippen LogP contribution in [0.4, 0.5) is 11.4 Å². The van der Waals surface area contributed by atoms with E-state index in [1.54, 1.807) is 6.07 Å². The molecule has 1 unspecified atom stereocenters. The van der Waals surface area contributed by atoms with Crippen LogP contribution < -0.4 is 11.1 Å². The van der Waals surface area contributed by atoms with Gasteiger partial charge in [0.2, 0.25) is 0 Å². The Balaban J connectivity index is 2.68. The summed E-state index contributed by atoms with van der Waals surface area (Å²) in [6.45, 7) is 3.06. The summed E-state index contributed by atoms with van der Waals surface area (Å²) in [6.07, 6.45) is 0. The summed E-state index contributed by atoms with van der Waals surface area (Å²) in [7, 11) is 4.08. The normalized spacial score (nSPS) is 12.9. The van der Waals surface area contributed by atoms with Crippen molar-refractivity contribution >= 4 is 23.0 Å². The van der Waals surface area contributed by atoms with E-state index in [-0.39, 0.29) is 0 Å². The van der Waals surface area contributed by atoms with Crippen molar-refractivity contribution in [1.29, 1.82) is 0 Å². The molecule has 84 valence electrons. The fraction of sp³-hybridized carbons (Fsp3) is 0.455. The van der Waals surface area contributed by atoms with Crippen LogP contribution in [0.1, 0.15) is 6.92 Å². The SMILES string of the molecule is CC(CN(C)C)Nc1cccc(Cl)c1N. The molecule has 0 fully saturated rings. The first-order chi connectivity index (χ1) is 7.00. The Morgan fingerprint density at radius 1 is 1.47 bits per heavy atom. The van der Waals surface area contributed by atoms with Gasteiger partial charge in [0.1, 0.15) is 0 Å². The molecular weight excluding hydrogens is 210 g/mol. The molecule has 4 heteroatoms. The van der Waals surface area contributed by atoms with Crippen molar-refractivity contribution in [1.82, 2.24) is 4.90 Å². The van der Waals surface area contributed by atoms with Crippen LogP contribution in [0.25, 0.3) is 0 Å². The maximum atomic E-state index is 5.93. The minimum atomic E-state index is 0.334. The summed E-state index contributed by atoms with van der Waals surface area (Å²) in [5, 5.41) is 3.93. The van der Waals surface area contributed by atoms with Crippen molar-refractivity contribution < 1.29 is 0 Å². The van der Waals surface area contributed by atoms with E-state index in [1.807, 2.05) is 26.2 Å². The molecule has 1 aromatic rings. The van der Waals surface area contributed by atoms with E-state index in [4.69, 9.17) is 17.3 Å². The molecule has 0 saturated carbocycles. The van der Waals surface area contributed by atoms with Crippen LogP contribution in [0.2, 0.25) is 5.02 Å². The van der Waals surface area contributed by atoms with E-state index in [0.29, 0.717) is 16.8 Å². The number of likely N-dealkylation sites (N-methyl/N-ethyl adjacent to an activating group) is 1. The lowest BCUT2D eigenvalue weighted by Gasteiger charge is -2.20. The van der Waals surface area contributed by atoms with Gasteiger partial charge in [0.15, 0.2) is 0 Å². The molecule has 0 spiro atoms. The van der Waals surface area contributed by atoms with Crippen LogP contribution in [0.3, 0.4) is 0 Å². The van der Waals surface area contributed by atoms with E-state index in [0.717, 1.165) is 12.2 Å². The maximum absolute atomic E-state index is 5.93. The second-order valence-electron chi connectivity index (χ2n) is 4.01. The lowest BCUT2D eigenvalue weighted by atomic mass is 10.2. The number of hydrogen-bond donors (Lipinski definition) is 2. The largest absolute Gasteiger partial charge is 0.396 e. The molecule has 1 aromatic carbocycles. The first-order valence-corrected chi connectivity index (χ1v) is 5.33. The topological polar surface area (TPSA) is 41.3 Å². The van der Waals surface area contributed by atoms with Gasteiger partial charge in [-0.3, -0.25) is 0 Å². The summed E-state index contributed by atoms with van der Waals surface area (Å²) in [6, 6.07) is 5.95. The van der Waals surface area contributed by atoms with Gasteiger partial charge in [-0.05, 0) is 33.2 Å². The van der Waals surface area contributed by atoms with Crippen molar-refractivity contribution in [2.24, 2.45) is 0 Å². The third kappa shape index (κ3) is 3.61. The standard InChI is InChI=1S/C11H18ClN3/c1-8(7-15(2)3)14-10-6-4-5-9(12)11(10)13/h4-6,8,14H,7,13H2,1-3H3. The minimum absolute atomic E-state index is 0.334. The molecule has 0 saturated heterocycles. The van der Waals surface area contributed by atoms with Crippen molar-refractivity contribution in [3.63, 3.8) is 0 Å². The first kappa shape index (κ1) is 12.1. The second-order valence-corrected chi connectivity index (χ2v) is 4.42. The van der Waals surface area contributed by atoms with E-state index in [1.165, 1.54) is 0 Å². The van der Waals surface area contributed by atoms with Gasteiger partial charge >= 0.3 is 0 Å². The third-order valence-electron chi connectivity index (χ3n) is 2.09. The third-order valence-corrected chi connectivity index (χ3v) is 2.42. The highest BCUT2D eigenvalue weighted by Crippen LogP contribution is 2.27. The Kier molecular flexibility index (Phi) is 4.24. The Labute approximate surface area is 96.2 Å². The molecule has 1 atom stereocenters. The highest BCUT2D eigenvalue weighted by atomic mass is 35.5. The van der Waals surface area contributed by atoms with Gasteiger partial charge < -0.3 is 16.0 Å². The molecule has 3 nitrogen and oxygen atoms in total. The summed E-state index contributed by atoms with van der Waals surface area (Å²) in [4.78, 5) is 2.12. The van der Waals surface area contributed by atoms with Crippen molar-refractivity contribution in [3.05, 3.63) is 23.2 Å².